The van der Waals surface area contributed by atoms with Gasteiger partial charge in [-0.25, -0.2) is 4.98 Å². The number of hydrogen-bond donors (Lipinski definition) is 3. The Morgan fingerprint density at radius 1 is 1.04 bits per heavy atom. The molecule has 0 aliphatic carbocycles. The van der Waals surface area contributed by atoms with Crippen molar-refractivity contribution < 1.29 is 9.59 Å². The van der Waals surface area contributed by atoms with E-state index >= 15 is 0 Å². The first kappa shape index (κ1) is 16.4. The minimum atomic E-state index is -0.330. The zero-order valence-corrected chi connectivity index (χ0v) is 13.6. The van der Waals surface area contributed by atoms with Crippen molar-refractivity contribution in [2.45, 2.75) is 6.92 Å². The van der Waals surface area contributed by atoms with Gasteiger partial charge in [0.05, 0.1) is 12.2 Å². The molecule has 0 fully saturated rings. The number of hydrogen-bond acceptors (Lipinski definition) is 4. The normalized spacial score (nSPS) is 10.3. The molecule has 3 rings (SSSR count). The van der Waals surface area contributed by atoms with Crippen molar-refractivity contribution in [3.8, 4) is 11.4 Å². The lowest BCUT2D eigenvalue weighted by molar-refractivity contribution is -0.115. The summed E-state index contributed by atoms with van der Waals surface area (Å²) >= 11 is 0. The Morgan fingerprint density at radius 2 is 1.76 bits per heavy atom. The molecule has 0 saturated carbocycles. The van der Waals surface area contributed by atoms with Crippen molar-refractivity contribution in [3.63, 3.8) is 0 Å². The third-order valence-corrected chi connectivity index (χ3v) is 3.48. The molecule has 3 N–H and O–H groups in total. The van der Waals surface area contributed by atoms with Crippen LogP contribution in [0.25, 0.3) is 11.4 Å². The van der Waals surface area contributed by atoms with Crippen molar-refractivity contribution in [3.05, 3.63) is 66.0 Å². The summed E-state index contributed by atoms with van der Waals surface area (Å²) in [6.07, 6.45) is 0. The Morgan fingerprint density at radius 3 is 2.48 bits per heavy atom. The van der Waals surface area contributed by atoms with Gasteiger partial charge in [-0.1, -0.05) is 30.3 Å². The fraction of sp³-hybridized carbons (Fsp3) is 0.111. The fourth-order valence-electron chi connectivity index (χ4n) is 2.30. The highest BCUT2D eigenvalue weighted by molar-refractivity contribution is 6.00. The van der Waals surface area contributed by atoms with Gasteiger partial charge in [0.2, 0.25) is 5.91 Å². The molecule has 7 nitrogen and oxygen atoms in total. The first-order valence-corrected chi connectivity index (χ1v) is 7.75. The Kier molecular flexibility index (Phi) is 4.84. The van der Waals surface area contributed by atoms with Crippen LogP contribution >= 0.6 is 0 Å². The largest absolute Gasteiger partial charge is 0.343 e. The van der Waals surface area contributed by atoms with Gasteiger partial charge in [-0.2, -0.15) is 5.10 Å². The minimum Gasteiger partial charge on any atom is -0.343 e. The lowest BCUT2D eigenvalue weighted by atomic mass is 10.1. The highest BCUT2D eigenvalue weighted by atomic mass is 16.2. The lowest BCUT2D eigenvalue weighted by Gasteiger charge is -2.10. The van der Waals surface area contributed by atoms with Crippen LogP contribution in [0.5, 0.6) is 0 Å². The van der Waals surface area contributed by atoms with Gasteiger partial charge >= 0.3 is 0 Å². The molecule has 2 amide bonds. The maximum absolute atomic E-state index is 12.2. The number of rotatable bonds is 5. The van der Waals surface area contributed by atoms with Crippen molar-refractivity contribution >= 4 is 17.5 Å². The van der Waals surface area contributed by atoms with Crippen LogP contribution in [0.15, 0.2) is 54.6 Å². The van der Waals surface area contributed by atoms with Crippen LogP contribution in [0.4, 0.5) is 5.69 Å². The van der Waals surface area contributed by atoms with Gasteiger partial charge in [0.15, 0.2) is 5.82 Å². The number of para-hydroxylation sites is 1. The quantitative estimate of drug-likeness (QED) is 0.665. The Balaban J connectivity index is 1.65. The molecule has 0 aliphatic heterocycles. The third-order valence-electron chi connectivity index (χ3n) is 3.48. The van der Waals surface area contributed by atoms with Gasteiger partial charge in [0, 0.05) is 11.1 Å². The second-order valence-electron chi connectivity index (χ2n) is 5.39. The zero-order chi connectivity index (χ0) is 17.6. The Labute approximate surface area is 144 Å². The first-order chi connectivity index (χ1) is 12.1. The summed E-state index contributed by atoms with van der Waals surface area (Å²) < 4.78 is 0. The molecule has 0 aliphatic rings. The number of carbonyl (C=O) groups is 2. The smallest absolute Gasteiger partial charge is 0.251 e. The van der Waals surface area contributed by atoms with E-state index in [-0.39, 0.29) is 18.4 Å². The molecule has 7 heteroatoms. The molecule has 0 spiro atoms. The van der Waals surface area contributed by atoms with E-state index in [1.165, 1.54) is 0 Å². The van der Waals surface area contributed by atoms with Crippen molar-refractivity contribution in [2.75, 3.05) is 11.9 Å². The highest BCUT2D eigenvalue weighted by Crippen LogP contribution is 2.24. The lowest BCUT2D eigenvalue weighted by Crippen LogP contribution is -2.32. The number of carbonyl (C=O) groups excluding carboxylic acids is 2. The number of aryl methyl sites for hydroxylation is 1. The molecule has 0 atom stereocenters. The number of nitrogens with zero attached hydrogens (tertiary/aromatic N) is 2. The maximum atomic E-state index is 12.2. The van der Waals surface area contributed by atoms with Crippen molar-refractivity contribution in [1.82, 2.24) is 20.5 Å². The molecule has 126 valence electrons. The average Bonchev–Trinajstić information content (AvgIpc) is 3.07. The predicted molar refractivity (Wildman–Crippen MR) is 94.0 cm³/mol. The molecule has 2 aromatic carbocycles. The van der Waals surface area contributed by atoms with Gasteiger partial charge in [0.1, 0.15) is 5.82 Å². The number of H-pyrrole nitrogens is 1. The SMILES string of the molecule is Cc1nc(-c2ccccc2NC(=O)CNC(=O)c2ccccc2)n[nH]1. The summed E-state index contributed by atoms with van der Waals surface area (Å²) in [5.74, 6) is 0.561. The second kappa shape index (κ2) is 7.39. The van der Waals surface area contributed by atoms with E-state index in [9.17, 15) is 9.59 Å². The summed E-state index contributed by atoms with van der Waals surface area (Å²) in [7, 11) is 0. The van der Waals surface area contributed by atoms with E-state index in [4.69, 9.17) is 0 Å². The topological polar surface area (TPSA) is 99.8 Å². The molecule has 0 unspecified atom stereocenters. The van der Waals surface area contributed by atoms with Crippen molar-refractivity contribution in [2.24, 2.45) is 0 Å². The summed E-state index contributed by atoms with van der Waals surface area (Å²) in [4.78, 5) is 28.4. The molecular weight excluding hydrogens is 318 g/mol. The monoisotopic (exact) mass is 335 g/mol. The highest BCUT2D eigenvalue weighted by Gasteiger charge is 2.12. The molecule has 25 heavy (non-hydrogen) atoms. The van der Waals surface area contributed by atoms with Gasteiger partial charge in [0.25, 0.3) is 5.91 Å². The van der Waals surface area contributed by atoms with Gasteiger partial charge in [-0.3, -0.25) is 14.7 Å². The first-order valence-electron chi connectivity index (χ1n) is 7.75. The average molecular weight is 335 g/mol. The van der Waals surface area contributed by atoms with E-state index in [0.29, 0.717) is 28.5 Å². The van der Waals surface area contributed by atoms with Crippen molar-refractivity contribution in [1.29, 1.82) is 0 Å². The third kappa shape index (κ3) is 4.08. The molecule has 0 radical (unpaired) electrons. The van der Waals surface area contributed by atoms with E-state index in [2.05, 4.69) is 25.8 Å². The summed E-state index contributed by atoms with van der Waals surface area (Å²) in [6.45, 7) is 1.67. The number of benzene rings is 2. The van der Waals surface area contributed by atoms with Crippen LogP contribution in [0.2, 0.25) is 0 Å². The molecule has 0 saturated heterocycles. The molecule has 3 aromatic rings. The Bertz CT molecular complexity index is 889. The number of aromatic amines is 1. The van der Waals surface area contributed by atoms with Gasteiger partial charge < -0.3 is 10.6 Å². The van der Waals surface area contributed by atoms with Crippen LogP contribution in [0, 0.1) is 6.92 Å². The summed E-state index contributed by atoms with van der Waals surface area (Å²) in [6, 6.07) is 16.0. The molecular formula is C18H17N5O2. The van der Waals surface area contributed by atoms with Crippen LogP contribution in [0.1, 0.15) is 16.2 Å². The van der Waals surface area contributed by atoms with Gasteiger partial charge in [-0.15, -0.1) is 0 Å². The molecule has 0 bridgehead atoms. The minimum absolute atomic E-state index is 0.130. The van der Waals surface area contributed by atoms with Crippen LogP contribution < -0.4 is 10.6 Å². The Hall–Kier alpha value is -3.48. The van der Waals surface area contributed by atoms with E-state index in [0.717, 1.165) is 0 Å². The molecule has 1 aromatic heterocycles. The van der Waals surface area contributed by atoms with E-state index in [1.54, 1.807) is 43.3 Å². The number of nitrogens with one attached hydrogen (secondary N) is 3. The summed E-state index contributed by atoms with van der Waals surface area (Å²) in [5, 5.41) is 12.3. The second-order valence-corrected chi connectivity index (χ2v) is 5.39. The standard InChI is InChI=1S/C18H17N5O2/c1-12-20-17(23-22-12)14-9-5-6-10-15(14)21-16(24)11-19-18(25)13-7-3-2-4-8-13/h2-10H,11H2,1H3,(H,19,25)(H,21,24)(H,20,22,23). The zero-order valence-electron chi connectivity index (χ0n) is 13.6. The fourth-order valence-corrected chi connectivity index (χ4v) is 2.30. The van der Waals surface area contributed by atoms with Gasteiger partial charge in [-0.05, 0) is 31.2 Å². The number of anilines is 1. The summed E-state index contributed by atoms with van der Waals surface area (Å²) in [5.41, 5.74) is 1.79. The van der Waals surface area contributed by atoms with Crippen LogP contribution in [-0.4, -0.2) is 33.5 Å². The molecule has 1 heterocycles. The number of amides is 2. The predicted octanol–water partition coefficient (Wildman–Crippen LogP) is 2.15. The van der Waals surface area contributed by atoms with Crippen LogP contribution in [-0.2, 0) is 4.79 Å². The van der Waals surface area contributed by atoms with E-state index in [1.807, 2.05) is 18.2 Å². The van der Waals surface area contributed by atoms with Crippen LogP contribution in [0.3, 0.4) is 0 Å². The van der Waals surface area contributed by atoms with E-state index < -0.39 is 0 Å². The number of aromatic nitrogens is 3. The maximum Gasteiger partial charge on any atom is 0.251 e.